The minimum atomic E-state index is -0.00743. The third kappa shape index (κ3) is 2.43. The number of aryl methyl sites for hydroxylation is 1. The van der Waals surface area contributed by atoms with E-state index < -0.39 is 0 Å². The standard InChI is InChI=1S/C16H13BrO3/c1-10-8-12(17)3-4-13(10)16(18)11-2-5-14-15(9-11)20-7-6-19-14/h2-5,8-9H,6-7H2,1H3. The van der Waals surface area contributed by atoms with Crippen LogP contribution in [0.4, 0.5) is 0 Å². The monoisotopic (exact) mass is 332 g/mol. The molecule has 1 aliphatic heterocycles. The van der Waals surface area contributed by atoms with Crippen molar-refractivity contribution in [1.29, 1.82) is 0 Å². The quantitative estimate of drug-likeness (QED) is 0.785. The van der Waals surface area contributed by atoms with E-state index in [1.54, 1.807) is 18.2 Å². The predicted molar refractivity (Wildman–Crippen MR) is 79.7 cm³/mol. The van der Waals surface area contributed by atoms with E-state index in [-0.39, 0.29) is 5.78 Å². The van der Waals surface area contributed by atoms with Crippen LogP contribution in [0.2, 0.25) is 0 Å². The first kappa shape index (κ1) is 13.2. The van der Waals surface area contributed by atoms with E-state index in [0.29, 0.717) is 35.8 Å². The van der Waals surface area contributed by atoms with Gasteiger partial charge in [-0.05, 0) is 48.9 Å². The van der Waals surface area contributed by atoms with Gasteiger partial charge in [0.1, 0.15) is 13.2 Å². The average molecular weight is 333 g/mol. The van der Waals surface area contributed by atoms with Crippen LogP contribution in [-0.4, -0.2) is 19.0 Å². The maximum Gasteiger partial charge on any atom is 0.193 e. The number of carbonyl (C=O) groups excluding carboxylic acids is 1. The van der Waals surface area contributed by atoms with Crippen molar-refractivity contribution in [3.63, 3.8) is 0 Å². The second-order valence-corrected chi connectivity index (χ2v) is 5.56. The van der Waals surface area contributed by atoms with Crippen LogP contribution in [0.1, 0.15) is 21.5 Å². The second kappa shape index (κ2) is 5.29. The molecule has 4 heteroatoms. The Morgan fingerprint density at radius 3 is 2.55 bits per heavy atom. The Labute approximate surface area is 125 Å². The van der Waals surface area contributed by atoms with Crippen molar-refractivity contribution in [2.24, 2.45) is 0 Å². The van der Waals surface area contributed by atoms with Gasteiger partial charge in [-0.25, -0.2) is 0 Å². The number of rotatable bonds is 2. The first-order chi connectivity index (χ1) is 9.65. The third-order valence-electron chi connectivity index (χ3n) is 3.24. The summed E-state index contributed by atoms with van der Waals surface area (Å²) in [5.41, 5.74) is 2.25. The first-order valence-corrected chi connectivity index (χ1v) is 7.15. The molecule has 1 heterocycles. The first-order valence-electron chi connectivity index (χ1n) is 6.35. The van der Waals surface area contributed by atoms with Gasteiger partial charge >= 0.3 is 0 Å². The summed E-state index contributed by atoms with van der Waals surface area (Å²) in [5.74, 6) is 1.32. The van der Waals surface area contributed by atoms with Gasteiger partial charge in [-0.15, -0.1) is 0 Å². The maximum atomic E-state index is 12.6. The maximum absolute atomic E-state index is 12.6. The average Bonchev–Trinajstić information content (AvgIpc) is 2.46. The van der Waals surface area contributed by atoms with Gasteiger partial charge in [-0.1, -0.05) is 15.9 Å². The van der Waals surface area contributed by atoms with Gasteiger partial charge in [-0.2, -0.15) is 0 Å². The van der Waals surface area contributed by atoms with Gasteiger partial charge in [0, 0.05) is 15.6 Å². The summed E-state index contributed by atoms with van der Waals surface area (Å²) >= 11 is 3.40. The molecule has 0 aromatic heterocycles. The molecule has 0 fully saturated rings. The van der Waals surface area contributed by atoms with Gasteiger partial charge in [-0.3, -0.25) is 4.79 Å². The highest BCUT2D eigenvalue weighted by Crippen LogP contribution is 2.31. The summed E-state index contributed by atoms with van der Waals surface area (Å²) in [6.07, 6.45) is 0. The fraction of sp³-hybridized carbons (Fsp3) is 0.188. The van der Waals surface area contributed by atoms with Crippen molar-refractivity contribution in [2.45, 2.75) is 6.92 Å². The lowest BCUT2D eigenvalue weighted by molar-refractivity contribution is 0.103. The zero-order valence-electron chi connectivity index (χ0n) is 11.0. The number of carbonyl (C=O) groups is 1. The molecule has 20 heavy (non-hydrogen) atoms. The van der Waals surface area contributed by atoms with Crippen LogP contribution in [0, 0.1) is 6.92 Å². The number of fused-ring (bicyclic) bond motifs is 1. The molecule has 0 saturated carbocycles. The van der Waals surface area contributed by atoms with Crippen LogP contribution in [0.15, 0.2) is 40.9 Å². The number of ketones is 1. The molecule has 0 unspecified atom stereocenters. The molecule has 0 amide bonds. The van der Waals surface area contributed by atoms with Crippen LogP contribution < -0.4 is 9.47 Å². The number of ether oxygens (including phenoxy) is 2. The SMILES string of the molecule is Cc1cc(Br)ccc1C(=O)c1ccc2c(c1)OCCO2. The molecule has 0 N–H and O–H groups in total. The highest BCUT2D eigenvalue weighted by Gasteiger charge is 2.17. The van der Waals surface area contributed by atoms with Crippen molar-refractivity contribution in [3.05, 3.63) is 57.6 Å². The van der Waals surface area contributed by atoms with Crippen LogP contribution in [0.5, 0.6) is 11.5 Å². The molecule has 0 atom stereocenters. The van der Waals surface area contributed by atoms with Gasteiger partial charge in [0.15, 0.2) is 17.3 Å². The third-order valence-corrected chi connectivity index (χ3v) is 3.73. The van der Waals surface area contributed by atoms with Crippen LogP contribution in [0.3, 0.4) is 0 Å². The van der Waals surface area contributed by atoms with E-state index in [0.717, 1.165) is 10.0 Å². The molecular formula is C16H13BrO3. The summed E-state index contributed by atoms with van der Waals surface area (Å²) in [6, 6.07) is 11.0. The molecule has 0 saturated heterocycles. The van der Waals surface area contributed by atoms with Crippen molar-refractivity contribution in [3.8, 4) is 11.5 Å². The highest BCUT2D eigenvalue weighted by molar-refractivity contribution is 9.10. The molecule has 0 bridgehead atoms. The van der Waals surface area contributed by atoms with Crippen LogP contribution in [-0.2, 0) is 0 Å². The largest absolute Gasteiger partial charge is 0.486 e. The number of hydrogen-bond acceptors (Lipinski definition) is 3. The number of benzene rings is 2. The lowest BCUT2D eigenvalue weighted by Crippen LogP contribution is -2.16. The van der Waals surface area contributed by atoms with Crippen molar-refractivity contribution < 1.29 is 14.3 Å². The fourth-order valence-corrected chi connectivity index (χ4v) is 2.70. The van der Waals surface area contributed by atoms with Crippen LogP contribution >= 0.6 is 15.9 Å². The molecule has 0 spiro atoms. The van der Waals surface area contributed by atoms with E-state index in [1.807, 2.05) is 25.1 Å². The van der Waals surface area contributed by atoms with Crippen molar-refractivity contribution in [1.82, 2.24) is 0 Å². The minimum Gasteiger partial charge on any atom is -0.486 e. The lowest BCUT2D eigenvalue weighted by Gasteiger charge is -2.18. The summed E-state index contributed by atoms with van der Waals surface area (Å²) in [4.78, 5) is 12.6. The Bertz CT molecular complexity index is 679. The van der Waals surface area contributed by atoms with E-state index >= 15 is 0 Å². The molecule has 2 aromatic carbocycles. The summed E-state index contributed by atoms with van der Waals surface area (Å²) in [6.45, 7) is 2.99. The topological polar surface area (TPSA) is 35.5 Å². The van der Waals surface area contributed by atoms with Gasteiger partial charge in [0.05, 0.1) is 0 Å². The summed E-state index contributed by atoms with van der Waals surface area (Å²) in [7, 11) is 0. The molecule has 0 aliphatic carbocycles. The normalized spacial score (nSPS) is 13.1. The fourth-order valence-electron chi connectivity index (χ4n) is 2.22. The Morgan fingerprint density at radius 1 is 1.05 bits per heavy atom. The van der Waals surface area contributed by atoms with E-state index in [2.05, 4.69) is 15.9 Å². The van der Waals surface area contributed by atoms with E-state index in [1.165, 1.54) is 0 Å². The van der Waals surface area contributed by atoms with Crippen molar-refractivity contribution in [2.75, 3.05) is 13.2 Å². The zero-order valence-corrected chi connectivity index (χ0v) is 12.6. The zero-order chi connectivity index (χ0) is 14.1. The number of hydrogen-bond donors (Lipinski definition) is 0. The number of halogens is 1. The Kier molecular flexibility index (Phi) is 3.49. The summed E-state index contributed by atoms with van der Waals surface area (Å²) in [5, 5.41) is 0. The molecule has 3 rings (SSSR count). The van der Waals surface area contributed by atoms with Gasteiger partial charge in [0.2, 0.25) is 0 Å². The Balaban J connectivity index is 1.98. The van der Waals surface area contributed by atoms with Crippen LogP contribution in [0.25, 0.3) is 0 Å². The van der Waals surface area contributed by atoms with E-state index in [4.69, 9.17) is 9.47 Å². The highest BCUT2D eigenvalue weighted by atomic mass is 79.9. The van der Waals surface area contributed by atoms with Crippen molar-refractivity contribution >= 4 is 21.7 Å². The summed E-state index contributed by atoms with van der Waals surface area (Å²) < 4.78 is 11.9. The molecule has 1 aliphatic rings. The second-order valence-electron chi connectivity index (χ2n) is 4.65. The predicted octanol–water partition coefficient (Wildman–Crippen LogP) is 3.76. The molecule has 3 nitrogen and oxygen atoms in total. The molecule has 102 valence electrons. The van der Waals surface area contributed by atoms with E-state index in [9.17, 15) is 4.79 Å². The molecule has 2 aromatic rings. The molecule has 0 radical (unpaired) electrons. The Morgan fingerprint density at radius 2 is 1.80 bits per heavy atom. The van der Waals surface area contributed by atoms with Gasteiger partial charge in [0.25, 0.3) is 0 Å². The smallest absolute Gasteiger partial charge is 0.193 e. The Hall–Kier alpha value is -1.81. The lowest BCUT2D eigenvalue weighted by atomic mass is 9.99. The molecular weight excluding hydrogens is 320 g/mol. The minimum absolute atomic E-state index is 0.00743. The van der Waals surface area contributed by atoms with Gasteiger partial charge < -0.3 is 9.47 Å².